The molecule has 1 N–H and O–H groups in total. The zero-order valence-corrected chi connectivity index (χ0v) is 18.4. The lowest BCUT2D eigenvalue weighted by atomic mass is 9.87. The Labute approximate surface area is 182 Å². The second kappa shape index (κ2) is 8.81. The Kier molecular flexibility index (Phi) is 5.95. The fourth-order valence-electron chi connectivity index (χ4n) is 4.29. The molecule has 1 aliphatic rings. The van der Waals surface area contributed by atoms with Crippen LogP contribution in [0.15, 0.2) is 48.5 Å². The Morgan fingerprint density at radius 3 is 2.48 bits per heavy atom. The number of hydrogen-bond donors (Lipinski definition) is 1. The van der Waals surface area contributed by atoms with Crippen molar-refractivity contribution in [2.24, 2.45) is 7.05 Å². The Balaban J connectivity index is 1.66. The standard InChI is InChI=1S/C24H28N4O3/c1-16-12-22(27(2)26-16)25-23(29)15-28-11-10-18-13-20(30-3)21(31-4)14-19(18)24(28)17-8-6-5-7-9-17/h5-9,12-14,24H,10-11,15H2,1-4H3,(H,25,29)/t24-/m1/s1. The molecule has 0 saturated carbocycles. The molecule has 0 spiro atoms. The van der Waals surface area contributed by atoms with Crippen molar-refractivity contribution in [1.29, 1.82) is 0 Å². The molecule has 1 atom stereocenters. The van der Waals surface area contributed by atoms with E-state index in [1.54, 1.807) is 18.9 Å². The highest BCUT2D eigenvalue weighted by molar-refractivity contribution is 5.91. The van der Waals surface area contributed by atoms with Gasteiger partial charge in [0.25, 0.3) is 0 Å². The summed E-state index contributed by atoms with van der Waals surface area (Å²) in [4.78, 5) is 15.1. The Morgan fingerprint density at radius 2 is 1.84 bits per heavy atom. The number of hydrogen-bond acceptors (Lipinski definition) is 5. The molecule has 2 aromatic carbocycles. The summed E-state index contributed by atoms with van der Waals surface area (Å²) in [6, 6.07) is 16.2. The smallest absolute Gasteiger partial charge is 0.239 e. The quantitative estimate of drug-likeness (QED) is 0.663. The van der Waals surface area contributed by atoms with Crippen LogP contribution in [-0.4, -0.2) is 47.9 Å². The van der Waals surface area contributed by atoms with Gasteiger partial charge < -0.3 is 14.8 Å². The van der Waals surface area contributed by atoms with Crippen LogP contribution < -0.4 is 14.8 Å². The molecule has 0 bridgehead atoms. The van der Waals surface area contributed by atoms with Crippen molar-refractivity contribution in [3.63, 3.8) is 0 Å². The maximum atomic E-state index is 12.9. The van der Waals surface area contributed by atoms with E-state index in [0.717, 1.165) is 35.5 Å². The summed E-state index contributed by atoms with van der Waals surface area (Å²) < 4.78 is 12.8. The van der Waals surface area contributed by atoms with Gasteiger partial charge in [0.2, 0.25) is 5.91 Å². The summed E-state index contributed by atoms with van der Waals surface area (Å²) in [5, 5.41) is 7.29. The molecule has 1 aromatic heterocycles. The molecule has 7 heteroatoms. The van der Waals surface area contributed by atoms with Crippen molar-refractivity contribution < 1.29 is 14.3 Å². The lowest BCUT2D eigenvalue weighted by molar-refractivity contribution is -0.117. The van der Waals surface area contributed by atoms with Gasteiger partial charge in [-0.15, -0.1) is 0 Å². The van der Waals surface area contributed by atoms with Gasteiger partial charge in [-0.1, -0.05) is 30.3 Å². The number of methoxy groups -OCH3 is 2. The van der Waals surface area contributed by atoms with Gasteiger partial charge in [0, 0.05) is 19.7 Å². The van der Waals surface area contributed by atoms with Crippen molar-refractivity contribution in [2.45, 2.75) is 19.4 Å². The van der Waals surface area contributed by atoms with Crippen LogP contribution in [0.1, 0.15) is 28.4 Å². The van der Waals surface area contributed by atoms with Crippen molar-refractivity contribution in [3.8, 4) is 11.5 Å². The largest absolute Gasteiger partial charge is 0.493 e. The van der Waals surface area contributed by atoms with E-state index in [2.05, 4.69) is 33.5 Å². The molecule has 31 heavy (non-hydrogen) atoms. The van der Waals surface area contributed by atoms with Crippen LogP contribution in [0.25, 0.3) is 0 Å². The number of aromatic nitrogens is 2. The third-order valence-corrected chi connectivity index (χ3v) is 5.70. The minimum atomic E-state index is -0.0622. The van der Waals surface area contributed by atoms with E-state index >= 15 is 0 Å². The average Bonchev–Trinajstić information content (AvgIpc) is 3.09. The number of rotatable bonds is 6. The Morgan fingerprint density at radius 1 is 1.13 bits per heavy atom. The number of ether oxygens (including phenoxy) is 2. The Bertz CT molecular complexity index is 1080. The summed E-state index contributed by atoms with van der Waals surface area (Å²) in [6.45, 7) is 2.95. The lowest BCUT2D eigenvalue weighted by Gasteiger charge is -2.37. The van der Waals surface area contributed by atoms with Crippen LogP contribution in [0.5, 0.6) is 11.5 Å². The highest BCUT2D eigenvalue weighted by atomic mass is 16.5. The fourth-order valence-corrected chi connectivity index (χ4v) is 4.29. The van der Waals surface area contributed by atoms with Crippen LogP contribution >= 0.6 is 0 Å². The number of nitrogens with zero attached hydrogens (tertiary/aromatic N) is 3. The van der Waals surface area contributed by atoms with Gasteiger partial charge >= 0.3 is 0 Å². The summed E-state index contributed by atoms with van der Waals surface area (Å²) in [6.07, 6.45) is 0.830. The van der Waals surface area contributed by atoms with E-state index in [1.165, 1.54) is 5.56 Å². The molecule has 1 aliphatic heterocycles. The molecule has 162 valence electrons. The summed E-state index contributed by atoms with van der Waals surface area (Å²) in [5.41, 5.74) is 4.36. The maximum absolute atomic E-state index is 12.9. The molecule has 0 saturated heterocycles. The zero-order valence-electron chi connectivity index (χ0n) is 18.4. The first-order valence-corrected chi connectivity index (χ1v) is 10.3. The van der Waals surface area contributed by atoms with Gasteiger partial charge in [0.15, 0.2) is 11.5 Å². The van der Waals surface area contributed by atoms with Crippen LogP contribution in [0.3, 0.4) is 0 Å². The summed E-state index contributed by atoms with van der Waals surface area (Å²) >= 11 is 0. The molecular formula is C24H28N4O3. The Hall–Kier alpha value is -3.32. The van der Waals surface area contributed by atoms with Gasteiger partial charge in [-0.25, -0.2) is 0 Å². The third kappa shape index (κ3) is 4.27. The van der Waals surface area contributed by atoms with E-state index in [-0.39, 0.29) is 18.5 Å². The molecule has 0 fully saturated rings. The lowest BCUT2D eigenvalue weighted by Crippen LogP contribution is -2.41. The molecule has 0 aliphatic carbocycles. The summed E-state index contributed by atoms with van der Waals surface area (Å²) in [5.74, 6) is 2.06. The first-order chi connectivity index (χ1) is 15.0. The summed E-state index contributed by atoms with van der Waals surface area (Å²) in [7, 11) is 5.12. The molecule has 3 aromatic rings. The van der Waals surface area contributed by atoms with Crippen LogP contribution in [0.2, 0.25) is 0 Å². The minimum absolute atomic E-state index is 0.0521. The molecule has 7 nitrogen and oxygen atoms in total. The van der Waals surface area contributed by atoms with Crippen LogP contribution in [-0.2, 0) is 18.3 Å². The number of aryl methyl sites for hydroxylation is 2. The zero-order chi connectivity index (χ0) is 22.0. The molecule has 1 amide bonds. The van der Waals surface area contributed by atoms with E-state index in [9.17, 15) is 4.79 Å². The predicted octanol–water partition coefficient (Wildman–Crippen LogP) is 3.33. The second-order valence-electron chi connectivity index (χ2n) is 7.78. The van der Waals surface area contributed by atoms with Gasteiger partial charge in [-0.3, -0.25) is 14.4 Å². The molecular weight excluding hydrogens is 392 g/mol. The van der Waals surface area contributed by atoms with Crippen LogP contribution in [0, 0.1) is 6.92 Å². The minimum Gasteiger partial charge on any atom is -0.493 e. The maximum Gasteiger partial charge on any atom is 0.239 e. The number of carbonyl (C=O) groups is 1. The van der Waals surface area contributed by atoms with E-state index in [4.69, 9.17) is 9.47 Å². The number of anilines is 1. The number of fused-ring (bicyclic) bond motifs is 1. The normalized spacial score (nSPS) is 15.9. The molecule has 4 rings (SSSR count). The van der Waals surface area contributed by atoms with Crippen molar-refractivity contribution in [3.05, 3.63) is 70.9 Å². The first-order valence-electron chi connectivity index (χ1n) is 10.3. The number of carbonyl (C=O) groups excluding carboxylic acids is 1. The third-order valence-electron chi connectivity index (χ3n) is 5.70. The molecule has 0 unspecified atom stereocenters. The average molecular weight is 421 g/mol. The van der Waals surface area contributed by atoms with Crippen LogP contribution in [0.4, 0.5) is 5.82 Å². The van der Waals surface area contributed by atoms with Gasteiger partial charge in [0.05, 0.1) is 32.5 Å². The SMILES string of the molecule is COc1cc2c(cc1OC)[C@@H](c1ccccc1)N(CC(=O)Nc1cc(C)nn1C)CC2. The van der Waals surface area contributed by atoms with Gasteiger partial charge in [-0.2, -0.15) is 5.10 Å². The number of amides is 1. The van der Waals surface area contributed by atoms with Crippen molar-refractivity contribution >= 4 is 11.7 Å². The predicted molar refractivity (Wildman–Crippen MR) is 120 cm³/mol. The molecule has 0 radical (unpaired) electrons. The van der Waals surface area contributed by atoms with E-state index < -0.39 is 0 Å². The molecule has 2 heterocycles. The topological polar surface area (TPSA) is 68.6 Å². The van der Waals surface area contributed by atoms with Crippen molar-refractivity contribution in [1.82, 2.24) is 14.7 Å². The van der Waals surface area contributed by atoms with E-state index in [1.807, 2.05) is 44.3 Å². The number of benzene rings is 2. The first kappa shape index (κ1) is 20.9. The second-order valence-corrected chi connectivity index (χ2v) is 7.78. The van der Waals surface area contributed by atoms with Gasteiger partial charge in [-0.05, 0) is 42.2 Å². The van der Waals surface area contributed by atoms with Gasteiger partial charge in [0.1, 0.15) is 5.82 Å². The number of nitrogens with one attached hydrogen (secondary N) is 1. The highest BCUT2D eigenvalue weighted by Gasteiger charge is 2.31. The monoisotopic (exact) mass is 420 g/mol. The fraction of sp³-hybridized carbons (Fsp3) is 0.333. The highest BCUT2D eigenvalue weighted by Crippen LogP contribution is 2.40. The van der Waals surface area contributed by atoms with E-state index in [0.29, 0.717) is 11.6 Å². The van der Waals surface area contributed by atoms with Crippen molar-refractivity contribution in [2.75, 3.05) is 32.6 Å².